The number of hydrogen-bond donors (Lipinski definition) is 0. The second kappa shape index (κ2) is 55.3. The van der Waals surface area contributed by atoms with E-state index in [1.165, 1.54) is 0 Å². The molecule has 0 nitrogen and oxygen atoms in total. The van der Waals surface area contributed by atoms with Gasteiger partial charge in [-0.2, -0.15) is 0 Å². The van der Waals surface area contributed by atoms with E-state index in [4.69, 9.17) is 0 Å². The maximum atomic E-state index is 0. The van der Waals surface area contributed by atoms with Gasteiger partial charge in [0, 0.05) is 0 Å². The average Bonchev–Trinajstić information content (AvgIpc) is 0. The normalized spacial score (nSPS) is 0. The van der Waals surface area contributed by atoms with Gasteiger partial charge in [0.15, 0.2) is 0 Å². The molecule has 0 saturated carbocycles. The second-order valence-electron chi connectivity index (χ2n) is 0. The molecule has 0 aliphatic heterocycles. The van der Waals surface area contributed by atoms with Crippen LogP contribution >= 0.6 is 0 Å². The summed E-state index contributed by atoms with van der Waals surface area (Å²) in [7, 11) is 0. The molecule has 32 valence electrons. The molecule has 0 rings (SSSR count). The van der Waals surface area contributed by atoms with Gasteiger partial charge in [0.2, 0.25) is 0 Å². The second-order valence-corrected chi connectivity index (χ2v) is 0. The summed E-state index contributed by atoms with van der Waals surface area (Å²) in [5, 5.41) is 0. The molecular weight excluding hydrogens is 115 g/mol. The molecule has 0 aromatic rings. The van der Waals surface area contributed by atoms with Gasteiger partial charge in [-0.3, -0.25) is 0 Å². The minimum Gasteiger partial charge on any atom is -1.00 e. The molecule has 5 heavy (non-hydrogen) atoms. The van der Waals surface area contributed by atoms with E-state index in [2.05, 4.69) is 0 Å². The third-order valence-corrected chi connectivity index (χ3v) is 0. The minimum absolute atomic E-state index is 0. The molecule has 0 aliphatic rings. The van der Waals surface area contributed by atoms with Crippen LogP contribution in [0.2, 0.25) is 0 Å². The van der Waals surface area contributed by atoms with Gasteiger partial charge < -0.3 is 18.8 Å². The number of hydrogen-bond acceptors (Lipinski definition) is 0. The van der Waals surface area contributed by atoms with Crippen molar-refractivity contribution in [3.8, 4) is 0 Å². The van der Waals surface area contributed by atoms with Gasteiger partial charge in [-0.05, 0) is 0 Å². The van der Waals surface area contributed by atoms with E-state index in [1.54, 1.807) is 0 Å². The van der Waals surface area contributed by atoms with Gasteiger partial charge >= 0.3 is 51.4 Å². The van der Waals surface area contributed by atoms with Crippen LogP contribution < -0.4 is 70.2 Å². The molecule has 0 N–H and O–H groups in total. The van der Waals surface area contributed by atoms with Crippen molar-refractivity contribution in [2.24, 2.45) is 0 Å². The first-order valence-electron chi connectivity index (χ1n) is 0. The summed E-state index contributed by atoms with van der Waals surface area (Å²) < 4.78 is 0. The first kappa shape index (κ1) is 99.1. The quantitative estimate of drug-likeness (QED) is 0.217. The summed E-state index contributed by atoms with van der Waals surface area (Å²) in [5.41, 5.74) is 0. The zero-order chi connectivity index (χ0) is 0. The van der Waals surface area contributed by atoms with Crippen LogP contribution in [0.5, 0.6) is 0 Å². The van der Waals surface area contributed by atoms with E-state index in [1.807, 2.05) is 0 Å². The zero-order valence-corrected chi connectivity index (χ0v) is 5.63. The summed E-state index contributed by atoms with van der Waals surface area (Å²) in [6, 6.07) is 0. The SMILES string of the molecule is [F-].[F-].[F-].[F-].[K+]. The summed E-state index contributed by atoms with van der Waals surface area (Å²) in [4.78, 5) is 0. The fourth-order valence-electron chi connectivity index (χ4n) is 0. The summed E-state index contributed by atoms with van der Waals surface area (Å²) in [6.45, 7) is 0. The average molecular weight is 115 g/mol. The van der Waals surface area contributed by atoms with Crippen molar-refractivity contribution in [3.05, 3.63) is 0 Å². The third-order valence-electron chi connectivity index (χ3n) is 0. The molecule has 5 heteroatoms. The molecule has 0 atom stereocenters. The molecule has 0 spiro atoms. The van der Waals surface area contributed by atoms with Crippen molar-refractivity contribution >= 4 is 0 Å². The Kier molecular flexibility index (Phi) is 1100. The third kappa shape index (κ3) is 32.8. The maximum Gasteiger partial charge on any atom is 1.00 e. The first-order chi connectivity index (χ1) is 0. The summed E-state index contributed by atoms with van der Waals surface area (Å²) >= 11 is 0. The molecular formula is F4K-3. The van der Waals surface area contributed by atoms with E-state index in [9.17, 15) is 0 Å². The van der Waals surface area contributed by atoms with E-state index in [0.717, 1.165) is 0 Å². The standard InChI is InChI=1S/4FH.K/h4*1H;/q;;;;+1/p-4. The Labute approximate surface area is 69.2 Å². The molecule has 0 fully saturated rings. The largest absolute Gasteiger partial charge is 1.00 e. The Hall–Kier alpha value is 1.36. The van der Waals surface area contributed by atoms with Crippen LogP contribution in [0.15, 0.2) is 0 Å². The van der Waals surface area contributed by atoms with Gasteiger partial charge in [0.25, 0.3) is 0 Å². The van der Waals surface area contributed by atoms with Crippen LogP contribution in [0.3, 0.4) is 0 Å². The minimum atomic E-state index is 0. The predicted octanol–water partition coefficient (Wildman–Crippen LogP) is -15.0. The molecule has 0 aromatic carbocycles. The predicted molar refractivity (Wildman–Crippen MR) is 0 cm³/mol. The van der Waals surface area contributed by atoms with Crippen LogP contribution in [0, 0.1) is 0 Å². The van der Waals surface area contributed by atoms with E-state index >= 15 is 0 Å². The molecule has 0 unspecified atom stereocenters. The molecule has 0 aliphatic carbocycles. The zero-order valence-electron chi connectivity index (χ0n) is 2.51. The van der Waals surface area contributed by atoms with Crippen molar-refractivity contribution in [2.75, 3.05) is 0 Å². The maximum absolute atomic E-state index is 0. The topological polar surface area (TPSA) is 0 Å². The van der Waals surface area contributed by atoms with Crippen LogP contribution in [0.4, 0.5) is 0 Å². The van der Waals surface area contributed by atoms with E-state index < -0.39 is 0 Å². The van der Waals surface area contributed by atoms with Crippen molar-refractivity contribution in [3.63, 3.8) is 0 Å². The van der Waals surface area contributed by atoms with Crippen LogP contribution in [-0.2, 0) is 0 Å². The Balaban J connectivity index is 0. The smallest absolute Gasteiger partial charge is 1.00 e. The molecule has 0 amide bonds. The Morgan fingerprint density at radius 3 is 0.400 bits per heavy atom. The Morgan fingerprint density at radius 2 is 0.400 bits per heavy atom. The Bertz CT molecular complexity index is 3.61. The monoisotopic (exact) mass is 115 g/mol. The fraction of sp³-hybridized carbons (Fsp3) is 0. The van der Waals surface area contributed by atoms with Crippen LogP contribution in [0.1, 0.15) is 0 Å². The van der Waals surface area contributed by atoms with Crippen molar-refractivity contribution < 1.29 is 70.2 Å². The molecule has 0 heterocycles. The van der Waals surface area contributed by atoms with E-state index in [0.29, 0.717) is 0 Å². The van der Waals surface area contributed by atoms with E-state index in [-0.39, 0.29) is 70.2 Å². The molecule has 0 aromatic heterocycles. The van der Waals surface area contributed by atoms with Gasteiger partial charge in [0.1, 0.15) is 0 Å². The van der Waals surface area contributed by atoms with Crippen LogP contribution in [-0.4, -0.2) is 0 Å². The molecule has 0 radical (unpaired) electrons. The summed E-state index contributed by atoms with van der Waals surface area (Å²) in [6.07, 6.45) is 0. The first-order valence-corrected chi connectivity index (χ1v) is 0. The van der Waals surface area contributed by atoms with Crippen molar-refractivity contribution in [1.82, 2.24) is 0 Å². The van der Waals surface area contributed by atoms with Gasteiger partial charge in [-0.15, -0.1) is 0 Å². The van der Waals surface area contributed by atoms with Crippen LogP contribution in [0.25, 0.3) is 0 Å². The number of halogens is 4. The van der Waals surface area contributed by atoms with Gasteiger partial charge in [0.05, 0.1) is 0 Å². The van der Waals surface area contributed by atoms with Crippen molar-refractivity contribution in [1.29, 1.82) is 0 Å². The van der Waals surface area contributed by atoms with Gasteiger partial charge in [-0.25, -0.2) is 0 Å². The molecule has 0 saturated heterocycles. The number of rotatable bonds is 0. The Morgan fingerprint density at radius 1 is 0.400 bits per heavy atom. The van der Waals surface area contributed by atoms with Crippen molar-refractivity contribution in [2.45, 2.75) is 0 Å². The summed E-state index contributed by atoms with van der Waals surface area (Å²) in [5.74, 6) is 0. The molecule has 0 bridgehead atoms. The van der Waals surface area contributed by atoms with Gasteiger partial charge in [-0.1, -0.05) is 0 Å². The fourth-order valence-corrected chi connectivity index (χ4v) is 0.